The van der Waals surface area contributed by atoms with Crippen molar-refractivity contribution >= 4 is 28.6 Å². The molecule has 2 heterocycles. The van der Waals surface area contributed by atoms with E-state index in [1.807, 2.05) is 12.1 Å². The smallest absolute Gasteiger partial charge is 0.325 e. The van der Waals surface area contributed by atoms with E-state index in [1.165, 1.54) is 12.0 Å². The summed E-state index contributed by atoms with van der Waals surface area (Å²) >= 11 is 0. The number of benzene rings is 1. The number of rotatable bonds is 3. The Balaban J connectivity index is 2.16. The van der Waals surface area contributed by atoms with Crippen LogP contribution in [0, 0.1) is 0 Å². The van der Waals surface area contributed by atoms with Crippen LogP contribution in [-0.2, 0) is 0 Å². The number of para-hydroxylation sites is 2. The Labute approximate surface area is 127 Å². The number of carbonyl (C=O) groups excluding carboxylic acids is 1. The number of amides is 2. The molecule has 0 saturated heterocycles. The Hall–Kier alpha value is -3.15. The third-order valence-electron chi connectivity index (χ3n) is 3.22. The minimum atomic E-state index is -0.639. The molecule has 6 heteroatoms. The van der Waals surface area contributed by atoms with Crippen LogP contribution in [0.15, 0.2) is 54.7 Å². The van der Waals surface area contributed by atoms with Crippen LogP contribution in [0.25, 0.3) is 11.0 Å². The van der Waals surface area contributed by atoms with E-state index in [4.69, 9.17) is 10.5 Å². The number of hydrogen-bond donors (Lipinski definition) is 1. The molecule has 2 amide bonds. The number of nitrogens with zero attached hydrogens (tertiary/aromatic N) is 3. The Bertz CT molecular complexity index is 835. The molecule has 22 heavy (non-hydrogen) atoms. The van der Waals surface area contributed by atoms with Gasteiger partial charge in [-0.3, -0.25) is 4.98 Å². The number of pyridine rings is 2. The van der Waals surface area contributed by atoms with Crippen LogP contribution >= 0.6 is 0 Å². The van der Waals surface area contributed by atoms with Crippen molar-refractivity contribution in [2.45, 2.75) is 0 Å². The summed E-state index contributed by atoms with van der Waals surface area (Å²) in [4.78, 5) is 21.9. The van der Waals surface area contributed by atoms with Crippen molar-refractivity contribution < 1.29 is 9.53 Å². The molecule has 1 aromatic carbocycles. The largest absolute Gasteiger partial charge is 0.495 e. The quantitative estimate of drug-likeness (QED) is 0.805. The molecule has 6 nitrogen and oxygen atoms in total. The summed E-state index contributed by atoms with van der Waals surface area (Å²) in [6.45, 7) is 0. The number of methoxy groups -OCH3 is 1. The van der Waals surface area contributed by atoms with Crippen LogP contribution in [0.1, 0.15) is 0 Å². The first kappa shape index (κ1) is 13.8. The van der Waals surface area contributed by atoms with Gasteiger partial charge in [0.2, 0.25) is 0 Å². The zero-order valence-electron chi connectivity index (χ0n) is 11.9. The van der Waals surface area contributed by atoms with Gasteiger partial charge in [0.05, 0.1) is 23.8 Å². The lowest BCUT2D eigenvalue weighted by Crippen LogP contribution is -2.32. The number of primary amides is 1. The molecule has 0 saturated carbocycles. The van der Waals surface area contributed by atoms with Gasteiger partial charge >= 0.3 is 6.03 Å². The maximum absolute atomic E-state index is 11.9. The van der Waals surface area contributed by atoms with Gasteiger partial charge in [-0.2, -0.15) is 0 Å². The second-order valence-corrected chi connectivity index (χ2v) is 4.56. The van der Waals surface area contributed by atoms with Crippen LogP contribution < -0.4 is 15.4 Å². The van der Waals surface area contributed by atoms with Crippen molar-refractivity contribution in [1.82, 2.24) is 9.97 Å². The molecule has 110 valence electrons. The minimum absolute atomic E-state index is 0.414. The molecular weight excluding hydrogens is 280 g/mol. The summed E-state index contributed by atoms with van der Waals surface area (Å²) < 4.78 is 5.30. The van der Waals surface area contributed by atoms with Gasteiger partial charge in [0.15, 0.2) is 0 Å². The van der Waals surface area contributed by atoms with E-state index >= 15 is 0 Å². The highest BCUT2D eigenvalue weighted by Crippen LogP contribution is 2.32. The highest BCUT2D eigenvalue weighted by molar-refractivity contribution is 5.99. The van der Waals surface area contributed by atoms with Crippen LogP contribution in [0.3, 0.4) is 0 Å². The lowest BCUT2D eigenvalue weighted by molar-refractivity contribution is 0.255. The highest BCUT2D eigenvalue weighted by atomic mass is 16.5. The SMILES string of the molecule is COc1ccccc1N(C(N)=O)c1ccc2ncccc2n1. The van der Waals surface area contributed by atoms with Crippen molar-refractivity contribution in [2.24, 2.45) is 5.73 Å². The second kappa shape index (κ2) is 5.69. The van der Waals surface area contributed by atoms with Gasteiger partial charge in [0.25, 0.3) is 0 Å². The van der Waals surface area contributed by atoms with Gasteiger partial charge in [-0.05, 0) is 36.4 Å². The van der Waals surface area contributed by atoms with Crippen LogP contribution in [0.5, 0.6) is 5.75 Å². The lowest BCUT2D eigenvalue weighted by Gasteiger charge is -2.21. The van der Waals surface area contributed by atoms with E-state index in [0.717, 1.165) is 5.52 Å². The van der Waals surface area contributed by atoms with Gasteiger partial charge in [-0.1, -0.05) is 12.1 Å². The van der Waals surface area contributed by atoms with E-state index in [1.54, 1.807) is 42.6 Å². The number of anilines is 2. The minimum Gasteiger partial charge on any atom is -0.495 e. The normalized spacial score (nSPS) is 10.4. The zero-order chi connectivity index (χ0) is 15.5. The number of urea groups is 1. The molecule has 0 fully saturated rings. The number of carbonyl (C=O) groups is 1. The first-order valence-corrected chi connectivity index (χ1v) is 6.65. The topological polar surface area (TPSA) is 81.3 Å². The van der Waals surface area contributed by atoms with E-state index < -0.39 is 6.03 Å². The Morgan fingerprint density at radius 2 is 1.91 bits per heavy atom. The van der Waals surface area contributed by atoms with Crippen molar-refractivity contribution in [3.05, 3.63) is 54.7 Å². The van der Waals surface area contributed by atoms with Crippen molar-refractivity contribution in [3.8, 4) is 5.75 Å². The summed E-state index contributed by atoms with van der Waals surface area (Å²) in [5.41, 5.74) is 7.51. The number of fused-ring (bicyclic) bond motifs is 1. The molecule has 0 aliphatic heterocycles. The summed E-state index contributed by atoms with van der Waals surface area (Å²) in [5, 5.41) is 0. The van der Waals surface area contributed by atoms with Gasteiger partial charge in [0.1, 0.15) is 11.6 Å². The number of ether oxygens (including phenoxy) is 1. The van der Waals surface area contributed by atoms with E-state index in [9.17, 15) is 4.79 Å². The molecule has 0 spiro atoms. The third kappa shape index (κ3) is 2.42. The zero-order valence-corrected chi connectivity index (χ0v) is 11.9. The molecule has 0 aliphatic rings. The van der Waals surface area contributed by atoms with E-state index in [2.05, 4.69) is 9.97 Å². The van der Waals surface area contributed by atoms with E-state index in [-0.39, 0.29) is 0 Å². The summed E-state index contributed by atoms with van der Waals surface area (Å²) in [7, 11) is 1.54. The summed E-state index contributed by atoms with van der Waals surface area (Å²) in [6.07, 6.45) is 1.69. The monoisotopic (exact) mass is 294 g/mol. The third-order valence-corrected chi connectivity index (χ3v) is 3.22. The van der Waals surface area contributed by atoms with Crippen LogP contribution in [0.2, 0.25) is 0 Å². The molecule has 0 aliphatic carbocycles. The van der Waals surface area contributed by atoms with Gasteiger partial charge in [-0.15, -0.1) is 0 Å². The van der Waals surface area contributed by atoms with Crippen molar-refractivity contribution in [2.75, 3.05) is 12.0 Å². The van der Waals surface area contributed by atoms with Crippen LogP contribution in [-0.4, -0.2) is 23.1 Å². The predicted molar refractivity (Wildman–Crippen MR) is 84.3 cm³/mol. The fourth-order valence-electron chi connectivity index (χ4n) is 2.24. The Kier molecular flexibility index (Phi) is 3.57. The number of aromatic nitrogens is 2. The average molecular weight is 294 g/mol. The van der Waals surface area contributed by atoms with Gasteiger partial charge < -0.3 is 10.5 Å². The maximum atomic E-state index is 11.9. The average Bonchev–Trinajstić information content (AvgIpc) is 2.55. The van der Waals surface area contributed by atoms with E-state index in [0.29, 0.717) is 22.8 Å². The second-order valence-electron chi connectivity index (χ2n) is 4.56. The molecular formula is C16H14N4O2. The summed E-state index contributed by atoms with van der Waals surface area (Å²) in [5.74, 6) is 0.951. The first-order valence-electron chi connectivity index (χ1n) is 6.65. The molecule has 0 radical (unpaired) electrons. The molecule has 2 aromatic heterocycles. The molecule has 0 atom stereocenters. The van der Waals surface area contributed by atoms with Crippen molar-refractivity contribution in [3.63, 3.8) is 0 Å². The lowest BCUT2D eigenvalue weighted by atomic mass is 10.2. The van der Waals surface area contributed by atoms with Crippen molar-refractivity contribution in [1.29, 1.82) is 0 Å². The maximum Gasteiger partial charge on any atom is 0.325 e. The number of hydrogen-bond acceptors (Lipinski definition) is 4. The molecule has 0 unspecified atom stereocenters. The molecule has 2 N–H and O–H groups in total. The van der Waals surface area contributed by atoms with Gasteiger partial charge in [0, 0.05) is 6.20 Å². The standard InChI is InChI=1S/C16H14N4O2/c1-22-14-7-3-2-6-13(14)20(16(17)21)15-9-8-11-12(19-15)5-4-10-18-11/h2-10H,1H3,(H2,17,21). The van der Waals surface area contributed by atoms with Gasteiger partial charge in [-0.25, -0.2) is 14.7 Å². The fraction of sp³-hybridized carbons (Fsp3) is 0.0625. The molecule has 3 aromatic rings. The molecule has 3 rings (SSSR count). The highest BCUT2D eigenvalue weighted by Gasteiger charge is 2.20. The fourth-order valence-corrected chi connectivity index (χ4v) is 2.24. The summed E-state index contributed by atoms with van der Waals surface area (Å²) in [6, 6.07) is 13.6. The Morgan fingerprint density at radius 3 is 2.68 bits per heavy atom. The number of nitrogens with two attached hydrogens (primary N) is 1. The predicted octanol–water partition coefficient (Wildman–Crippen LogP) is 2.86. The van der Waals surface area contributed by atoms with Crippen LogP contribution in [0.4, 0.5) is 16.3 Å². The first-order chi connectivity index (χ1) is 10.7. The molecule has 0 bridgehead atoms. The Morgan fingerprint density at radius 1 is 1.09 bits per heavy atom.